The molecule has 4 aromatic rings. The molecule has 3 aromatic heterocycles. The van der Waals surface area contributed by atoms with E-state index in [0.717, 1.165) is 6.42 Å². The quantitative estimate of drug-likeness (QED) is 0.138. The Labute approximate surface area is 366 Å². The van der Waals surface area contributed by atoms with Crippen LogP contribution in [0.2, 0.25) is 0 Å². The van der Waals surface area contributed by atoms with E-state index in [-0.39, 0.29) is 0 Å². The van der Waals surface area contributed by atoms with E-state index in [4.69, 9.17) is 9.97 Å². The molecule has 14 aliphatic rings. The van der Waals surface area contributed by atoms with Gasteiger partial charge in [0.15, 0.2) is 0 Å². The molecule has 2 N–H and O–H groups in total. The van der Waals surface area contributed by atoms with E-state index in [1.54, 1.807) is 0 Å². The van der Waals surface area contributed by atoms with Crippen LogP contribution in [0, 0.1) is 23.7 Å². The van der Waals surface area contributed by atoms with Crippen LogP contribution in [0.1, 0.15) is 171 Å². The number of allylic oxidation sites excluding steroid dienone is 12. The summed E-state index contributed by atoms with van der Waals surface area (Å²) in [5.41, 5.74) is 25.9. The monoisotopic (exact) mass is 810 g/mol. The van der Waals surface area contributed by atoms with Gasteiger partial charge in [0.25, 0.3) is 0 Å². The summed E-state index contributed by atoms with van der Waals surface area (Å²) in [5.74, 6) is 3.35. The highest BCUT2D eigenvalue weighted by Crippen LogP contribution is 2.58. The Balaban J connectivity index is 1.09. The molecule has 0 saturated heterocycles. The second kappa shape index (κ2) is 13.9. The topological polar surface area (TPSA) is 57.4 Å². The molecule has 8 unspecified atom stereocenters. The maximum Gasteiger partial charge on any atom is 0.0778 e. The summed E-state index contributed by atoms with van der Waals surface area (Å²) >= 11 is 0. The maximum atomic E-state index is 5.98. The van der Waals surface area contributed by atoms with E-state index in [0.29, 0.717) is 47.3 Å². The summed E-state index contributed by atoms with van der Waals surface area (Å²) in [6.07, 6.45) is 38.9. The minimum Gasteiger partial charge on any atom is -0.355 e. The number of aryl methyl sites for hydroxylation is 1. The highest BCUT2D eigenvalue weighted by atomic mass is 14.8. The Bertz CT molecular complexity index is 2800. The number of aromatic nitrogens is 4. The van der Waals surface area contributed by atoms with Gasteiger partial charge in [-0.25, -0.2) is 9.97 Å². The van der Waals surface area contributed by atoms with Gasteiger partial charge in [0, 0.05) is 75.0 Å². The first-order valence-corrected chi connectivity index (χ1v) is 24.8. The molecule has 0 spiro atoms. The largest absolute Gasteiger partial charge is 0.355 e. The van der Waals surface area contributed by atoms with Gasteiger partial charge in [-0.2, -0.15) is 0 Å². The van der Waals surface area contributed by atoms with Gasteiger partial charge in [-0.15, -0.1) is 0 Å². The number of fused-ring (bicyclic) bond motifs is 12. The lowest BCUT2D eigenvalue weighted by atomic mass is 9.68. The first-order chi connectivity index (χ1) is 30.7. The highest BCUT2D eigenvalue weighted by Gasteiger charge is 2.43. The summed E-state index contributed by atoms with van der Waals surface area (Å²) in [5, 5.41) is 0. The number of nitrogens with one attached hydrogen (secondary N) is 2. The van der Waals surface area contributed by atoms with Gasteiger partial charge in [0.2, 0.25) is 0 Å². The summed E-state index contributed by atoms with van der Waals surface area (Å²) in [4.78, 5) is 20.2. The number of H-pyrrole nitrogens is 2. The average molecular weight is 811 g/mol. The summed E-state index contributed by atoms with van der Waals surface area (Å²) in [7, 11) is 0. The number of hydrogen-bond acceptors (Lipinski definition) is 2. The second-order valence-electron chi connectivity index (χ2n) is 20.6. The van der Waals surface area contributed by atoms with Gasteiger partial charge in [-0.1, -0.05) is 112 Å². The summed E-state index contributed by atoms with van der Waals surface area (Å²) in [6, 6.07) is 17.1. The minimum atomic E-state index is 0.378. The number of nitrogens with zero attached hydrogens (tertiary/aromatic N) is 2. The van der Waals surface area contributed by atoms with Gasteiger partial charge < -0.3 is 9.97 Å². The zero-order valence-electron chi connectivity index (χ0n) is 36.3. The average Bonchev–Trinajstić information content (AvgIpc) is 4.11. The normalized spacial score (nSPS) is 28.6. The van der Waals surface area contributed by atoms with Crippen LogP contribution >= 0.6 is 0 Å². The highest BCUT2D eigenvalue weighted by molar-refractivity contribution is 6.06. The van der Waals surface area contributed by atoms with Gasteiger partial charge in [0.05, 0.1) is 22.8 Å². The lowest BCUT2D eigenvalue weighted by molar-refractivity contribution is 0.557. The van der Waals surface area contributed by atoms with E-state index in [1.165, 1.54) is 196 Å². The lowest BCUT2D eigenvalue weighted by Crippen LogP contribution is -2.20. The second-order valence-corrected chi connectivity index (χ2v) is 20.6. The van der Waals surface area contributed by atoms with Crippen LogP contribution in [0.25, 0.3) is 55.5 Å². The molecular formula is C58H58N4. The molecule has 5 heterocycles. The third-order valence-corrected chi connectivity index (χ3v) is 17.2. The molecule has 4 heteroatoms. The van der Waals surface area contributed by atoms with Crippen LogP contribution in [0.5, 0.6) is 0 Å². The van der Waals surface area contributed by atoms with Crippen LogP contribution in [0.4, 0.5) is 0 Å². The summed E-state index contributed by atoms with van der Waals surface area (Å²) < 4.78 is 0. The molecule has 2 aliphatic heterocycles. The van der Waals surface area contributed by atoms with Crippen molar-refractivity contribution in [1.82, 2.24) is 19.9 Å². The Morgan fingerprint density at radius 3 is 1.34 bits per heavy atom. The Morgan fingerprint density at radius 2 is 0.871 bits per heavy atom. The van der Waals surface area contributed by atoms with Crippen LogP contribution in [0.15, 0.2) is 91.1 Å². The molecule has 310 valence electrons. The molecule has 16 bridgehead atoms. The van der Waals surface area contributed by atoms with Crippen LogP contribution in [-0.4, -0.2) is 19.9 Å². The fraction of sp³-hybridized carbons (Fsp3) is 0.414. The van der Waals surface area contributed by atoms with Crippen molar-refractivity contribution in [3.63, 3.8) is 0 Å². The number of rotatable bonds is 8. The van der Waals surface area contributed by atoms with Crippen molar-refractivity contribution in [1.29, 1.82) is 0 Å². The van der Waals surface area contributed by atoms with E-state index in [9.17, 15) is 0 Å². The molecule has 12 aliphatic carbocycles. The Hall–Kier alpha value is -5.22. The van der Waals surface area contributed by atoms with Crippen molar-refractivity contribution < 1.29 is 0 Å². The first kappa shape index (κ1) is 36.3. The van der Waals surface area contributed by atoms with Crippen molar-refractivity contribution in [3.05, 3.63) is 142 Å². The standard InChI is InChI=1S/C58H58N4/c1-2-3-4-5-6-7-9-32-10-8-11-41(28-32)56-57-54-39-24-20-37(21-25-39)52(54)46(61-57)30-44-50-35-16-12-33(13-17-35)48(50)42(59-44)29-43-49-34-14-18-36(19-15-34)51(49)45(60-43)31-47-53-38-22-26-40(27-23-38)55(53)58(56)62-47/h8,10-12,14,16,18,20,22,24,26,28-31,33-40,59-60H,2-7,9,13,15,17,19,21,23,25,27H2,1H3. The maximum absolute atomic E-state index is 5.98. The van der Waals surface area contributed by atoms with Gasteiger partial charge >= 0.3 is 0 Å². The molecule has 0 radical (unpaired) electrons. The van der Waals surface area contributed by atoms with Crippen LogP contribution in [-0.2, 0) is 6.42 Å². The van der Waals surface area contributed by atoms with Gasteiger partial charge in [-0.05, 0) is 138 Å². The van der Waals surface area contributed by atoms with Gasteiger partial charge in [-0.3, -0.25) is 0 Å². The minimum absolute atomic E-state index is 0.378. The lowest BCUT2D eigenvalue weighted by Gasteiger charge is -2.34. The molecule has 0 amide bonds. The Morgan fingerprint density at radius 1 is 0.452 bits per heavy atom. The van der Waals surface area contributed by atoms with Crippen molar-refractivity contribution in [3.8, 4) is 11.1 Å². The predicted molar refractivity (Wildman–Crippen MR) is 256 cm³/mol. The van der Waals surface area contributed by atoms with E-state index < -0.39 is 0 Å². The predicted octanol–water partition coefficient (Wildman–Crippen LogP) is 15.0. The van der Waals surface area contributed by atoms with E-state index >= 15 is 0 Å². The summed E-state index contributed by atoms with van der Waals surface area (Å²) in [6.45, 7) is 2.31. The number of unbranched alkanes of at least 4 members (excludes halogenated alkanes) is 5. The number of aromatic amines is 2. The molecule has 1 aromatic carbocycles. The third kappa shape index (κ3) is 5.31. The van der Waals surface area contributed by atoms with E-state index in [2.05, 4.69) is 108 Å². The Kier molecular flexibility index (Phi) is 8.13. The smallest absolute Gasteiger partial charge is 0.0778 e. The molecule has 8 atom stereocenters. The molecule has 4 nitrogen and oxygen atoms in total. The fourth-order valence-electron chi connectivity index (χ4n) is 14.3. The number of hydrogen-bond donors (Lipinski definition) is 2. The zero-order valence-corrected chi connectivity index (χ0v) is 36.3. The first-order valence-electron chi connectivity index (χ1n) is 24.8. The van der Waals surface area contributed by atoms with Crippen LogP contribution < -0.4 is 0 Å². The molecule has 0 fully saturated rings. The van der Waals surface area contributed by atoms with Crippen molar-refractivity contribution in [2.75, 3.05) is 0 Å². The van der Waals surface area contributed by atoms with E-state index in [1.807, 2.05) is 0 Å². The molecule has 0 saturated carbocycles. The molecule has 62 heavy (non-hydrogen) atoms. The molecular weight excluding hydrogens is 753 g/mol. The van der Waals surface area contributed by atoms with Crippen LogP contribution in [0.3, 0.4) is 0 Å². The SMILES string of the molecule is CCCCCCCCc1cccc(-c2c3nc(cc4[nH]c(cc5[nH]c(cc6nc2C2=C6C6C=CC2CC6)c2c5C5C=CC2CC5)c2c4C4C=CC2CC4)C2=C3C3C=CC2CC3)c1. The zero-order chi connectivity index (χ0) is 40.6. The van der Waals surface area contributed by atoms with Crippen molar-refractivity contribution >= 4 is 44.4 Å². The number of benzene rings is 1. The fourth-order valence-corrected chi connectivity index (χ4v) is 14.3. The molecule has 18 rings (SSSR count). The van der Waals surface area contributed by atoms with Crippen molar-refractivity contribution in [2.45, 2.75) is 127 Å². The third-order valence-electron chi connectivity index (χ3n) is 17.2. The van der Waals surface area contributed by atoms with Crippen molar-refractivity contribution in [2.24, 2.45) is 23.7 Å². The van der Waals surface area contributed by atoms with Gasteiger partial charge in [0.1, 0.15) is 0 Å².